The molecule has 0 fully saturated rings. The molecule has 7 heteroatoms. The van der Waals surface area contributed by atoms with Crippen LogP contribution in [0.1, 0.15) is 5.56 Å². The van der Waals surface area contributed by atoms with Crippen LogP contribution < -0.4 is 15.1 Å². The molecule has 1 N–H and O–H groups in total. The van der Waals surface area contributed by atoms with Crippen molar-refractivity contribution in [3.63, 3.8) is 0 Å². The molecule has 0 aliphatic rings. The Hall–Kier alpha value is -3.06. The number of methoxy groups -OCH3 is 1. The van der Waals surface area contributed by atoms with Crippen molar-refractivity contribution < 1.29 is 19.1 Å². The van der Waals surface area contributed by atoms with Gasteiger partial charge in [-0.2, -0.15) is 0 Å². The van der Waals surface area contributed by atoms with E-state index in [-0.39, 0.29) is 12.3 Å². The molecule has 1 aromatic heterocycles. The van der Waals surface area contributed by atoms with Crippen LogP contribution in [0.15, 0.2) is 60.8 Å². The van der Waals surface area contributed by atoms with Crippen molar-refractivity contribution in [3.8, 4) is 10.9 Å². The fourth-order valence-corrected chi connectivity index (χ4v) is 2.87. The summed E-state index contributed by atoms with van der Waals surface area (Å²) in [5.74, 6) is -0.0723. The third kappa shape index (κ3) is 4.07. The predicted molar refractivity (Wildman–Crippen MR) is 95.3 cm³/mol. The van der Waals surface area contributed by atoms with E-state index in [1.54, 1.807) is 6.07 Å². The van der Waals surface area contributed by atoms with Gasteiger partial charge in [-0.1, -0.05) is 48.2 Å². The van der Waals surface area contributed by atoms with Gasteiger partial charge in [-0.25, -0.2) is 15.3 Å². The lowest BCUT2D eigenvalue weighted by Crippen LogP contribution is -2.24. The van der Waals surface area contributed by atoms with Crippen LogP contribution in [-0.4, -0.2) is 18.1 Å². The minimum atomic E-state index is -0.594. The highest BCUT2D eigenvalue weighted by Gasteiger charge is 2.10. The number of hydrogen-bond acceptors (Lipinski definition) is 7. The second-order valence-corrected chi connectivity index (χ2v) is 6.01. The number of hydroxylamine groups is 1. The first-order valence-corrected chi connectivity index (χ1v) is 8.25. The van der Waals surface area contributed by atoms with Crippen molar-refractivity contribution >= 4 is 27.5 Å². The Morgan fingerprint density at radius 2 is 1.96 bits per heavy atom. The second-order valence-electron chi connectivity index (χ2n) is 5.02. The molecule has 0 aliphatic carbocycles. The van der Waals surface area contributed by atoms with Crippen LogP contribution in [0.25, 0.3) is 10.2 Å². The average Bonchev–Trinajstić information content (AvgIpc) is 3.07. The summed E-state index contributed by atoms with van der Waals surface area (Å²) in [5, 5.41) is 0.586. The zero-order valence-electron chi connectivity index (χ0n) is 13.5. The highest BCUT2D eigenvalue weighted by atomic mass is 32.1. The normalized spacial score (nSPS) is 10.3. The molecule has 1 heterocycles. The van der Waals surface area contributed by atoms with Crippen LogP contribution in [0.4, 0.5) is 0 Å². The van der Waals surface area contributed by atoms with Crippen LogP contribution in [0.3, 0.4) is 0 Å². The van der Waals surface area contributed by atoms with Crippen LogP contribution in [0, 0.1) is 0 Å². The molecular formula is C18H16N2O4S. The third-order valence-corrected chi connectivity index (χ3v) is 4.26. The summed E-state index contributed by atoms with van der Waals surface area (Å²) >= 11 is 1.48. The van der Waals surface area contributed by atoms with Crippen LogP contribution >= 0.6 is 11.3 Å². The van der Waals surface area contributed by atoms with Gasteiger partial charge in [-0.15, -0.1) is 0 Å². The lowest BCUT2D eigenvalue weighted by atomic mass is 10.2. The summed E-state index contributed by atoms with van der Waals surface area (Å²) in [5.41, 5.74) is 4.18. The van der Waals surface area contributed by atoms with Gasteiger partial charge in [-0.05, 0) is 18.2 Å². The lowest BCUT2D eigenvalue weighted by molar-refractivity contribution is -0.137. The number of aromatic nitrogens is 1. The molecule has 128 valence electrons. The molecular weight excluding hydrogens is 340 g/mol. The number of esters is 1. The number of benzene rings is 2. The molecule has 25 heavy (non-hydrogen) atoms. The molecule has 0 saturated heterocycles. The Kier molecular flexibility index (Phi) is 5.15. The van der Waals surface area contributed by atoms with Crippen molar-refractivity contribution in [3.05, 3.63) is 66.4 Å². The fourth-order valence-electron chi connectivity index (χ4n) is 2.06. The van der Waals surface area contributed by atoms with E-state index >= 15 is 0 Å². The van der Waals surface area contributed by atoms with Gasteiger partial charge in [0, 0.05) is 5.56 Å². The highest BCUT2D eigenvalue weighted by molar-refractivity contribution is 7.20. The minimum absolute atomic E-state index is 0.00407. The first-order valence-electron chi connectivity index (χ1n) is 7.43. The zero-order valence-corrected chi connectivity index (χ0v) is 14.3. The molecule has 0 saturated carbocycles. The molecule has 0 unspecified atom stereocenters. The smallest absolute Gasteiger partial charge is 0.356 e. The highest BCUT2D eigenvalue weighted by Crippen LogP contribution is 2.28. The quantitative estimate of drug-likeness (QED) is 0.397. The van der Waals surface area contributed by atoms with E-state index in [9.17, 15) is 4.79 Å². The Labute approximate surface area is 148 Å². The molecule has 3 aromatic rings. The van der Waals surface area contributed by atoms with Gasteiger partial charge in [-0.3, -0.25) is 0 Å². The summed E-state index contributed by atoms with van der Waals surface area (Å²) in [6.07, 6.45) is 0. The van der Waals surface area contributed by atoms with E-state index in [1.165, 1.54) is 18.4 Å². The number of ether oxygens (including phenoxy) is 2. The van der Waals surface area contributed by atoms with Crippen LogP contribution in [0.5, 0.6) is 10.9 Å². The molecule has 0 spiro atoms. The van der Waals surface area contributed by atoms with Crippen molar-refractivity contribution in [2.24, 2.45) is 0 Å². The van der Waals surface area contributed by atoms with Gasteiger partial charge in [0.2, 0.25) is 0 Å². The molecule has 3 rings (SSSR count). The molecule has 6 nitrogen and oxygen atoms in total. The Bertz CT molecular complexity index is 874. The number of hydrogen-bond donors (Lipinski definition) is 1. The first-order chi connectivity index (χ1) is 12.2. The number of nitrogens with one attached hydrogen (secondary N) is 1. The minimum Gasteiger partial charge on any atom is -0.465 e. The maximum atomic E-state index is 11.3. The predicted octanol–water partition coefficient (Wildman–Crippen LogP) is 3.45. The summed E-state index contributed by atoms with van der Waals surface area (Å²) in [6, 6.07) is 15.2. The van der Waals surface area contributed by atoms with Crippen molar-refractivity contribution in [2.45, 2.75) is 6.61 Å². The Balaban J connectivity index is 1.66. The molecule has 0 bridgehead atoms. The molecule has 0 aliphatic heterocycles. The molecule has 0 amide bonds. The fraction of sp³-hybridized carbons (Fsp3) is 0.111. The standard InChI is InChI=1S/C18H16N2O4S/c1-12(17(21)22-2)20-24-15-9-5-3-7-13(15)11-23-18-19-14-8-4-6-10-16(14)25-18/h3-10,20H,1,11H2,2H3. The number of nitrogens with zero attached hydrogens (tertiary/aromatic N) is 1. The van der Waals surface area contributed by atoms with E-state index in [4.69, 9.17) is 9.57 Å². The van der Waals surface area contributed by atoms with Gasteiger partial charge in [0.25, 0.3) is 5.19 Å². The maximum absolute atomic E-state index is 11.3. The Morgan fingerprint density at radius 3 is 2.76 bits per heavy atom. The Morgan fingerprint density at radius 1 is 1.20 bits per heavy atom. The van der Waals surface area contributed by atoms with Gasteiger partial charge in [0.1, 0.15) is 12.3 Å². The first kappa shape index (κ1) is 16.8. The summed E-state index contributed by atoms with van der Waals surface area (Å²) < 4.78 is 11.4. The van der Waals surface area contributed by atoms with Crippen molar-refractivity contribution in [1.29, 1.82) is 0 Å². The van der Waals surface area contributed by atoms with E-state index in [0.717, 1.165) is 15.8 Å². The molecule has 0 atom stereocenters. The number of para-hydroxylation sites is 2. The van der Waals surface area contributed by atoms with Gasteiger partial charge in [0.15, 0.2) is 5.75 Å². The number of fused-ring (bicyclic) bond motifs is 1. The van der Waals surface area contributed by atoms with Crippen LogP contribution in [0.2, 0.25) is 0 Å². The number of rotatable bonds is 7. The zero-order chi connectivity index (χ0) is 17.6. The van der Waals surface area contributed by atoms with Crippen molar-refractivity contribution in [1.82, 2.24) is 10.5 Å². The van der Waals surface area contributed by atoms with E-state index in [2.05, 4.69) is 21.8 Å². The largest absolute Gasteiger partial charge is 0.465 e. The second kappa shape index (κ2) is 7.67. The molecule has 0 radical (unpaired) electrons. The summed E-state index contributed by atoms with van der Waals surface area (Å²) in [7, 11) is 1.27. The van der Waals surface area contributed by atoms with Crippen LogP contribution in [-0.2, 0) is 16.1 Å². The van der Waals surface area contributed by atoms with Gasteiger partial charge in [0.05, 0.1) is 17.3 Å². The monoisotopic (exact) mass is 356 g/mol. The van der Waals surface area contributed by atoms with E-state index in [1.807, 2.05) is 42.5 Å². The van der Waals surface area contributed by atoms with Gasteiger partial charge >= 0.3 is 5.97 Å². The average molecular weight is 356 g/mol. The molecule has 2 aromatic carbocycles. The lowest BCUT2D eigenvalue weighted by Gasteiger charge is -2.12. The van der Waals surface area contributed by atoms with Crippen molar-refractivity contribution in [2.75, 3.05) is 7.11 Å². The third-order valence-electron chi connectivity index (χ3n) is 3.31. The topological polar surface area (TPSA) is 69.7 Å². The van der Waals surface area contributed by atoms with E-state index < -0.39 is 5.97 Å². The number of thiazole rings is 1. The SMILES string of the molecule is C=C(NOc1ccccc1COc1nc2ccccc2s1)C(=O)OC. The number of carbonyl (C=O) groups is 1. The number of carbonyl (C=O) groups excluding carboxylic acids is 1. The maximum Gasteiger partial charge on any atom is 0.356 e. The van der Waals surface area contributed by atoms with Gasteiger partial charge < -0.3 is 14.3 Å². The summed E-state index contributed by atoms with van der Waals surface area (Å²) in [6.45, 7) is 3.82. The summed E-state index contributed by atoms with van der Waals surface area (Å²) in [4.78, 5) is 21.2. The van der Waals surface area contributed by atoms with E-state index in [0.29, 0.717) is 10.9 Å².